The highest BCUT2D eigenvalue weighted by molar-refractivity contribution is 7.22. The highest BCUT2D eigenvalue weighted by Gasteiger charge is 2.14. The van der Waals surface area contributed by atoms with Crippen molar-refractivity contribution in [2.45, 2.75) is 26.3 Å². The van der Waals surface area contributed by atoms with E-state index in [0.717, 1.165) is 45.0 Å². The smallest absolute Gasteiger partial charge is 0.148 e. The molecule has 0 aliphatic carbocycles. The molecular formula is C29H27ClN4O4S. The van der Waals surface area contributed by atoms with Crippen LogP contribution in [0.1, 0.15) is 22.6 Å². The number of aryl methyl sites for hydroxylation is 1. The van der Waals surface area contributed by atoms with Crippen LogP contribution >= 0.6 is 22.9 Å². The van der Waals surface area contributed by atoms with Crippen LogP contribution in [-0.2, 0) is 28.9 Å². The van der Waals surface area contributed by atoms with Crippen molar-refractivity contribution >= 4 is 38.9 Å². The Morgan fingerprint density at radius 1 is 1.10 bits per heavy atom. The number of carbonyl (C=O) groups is 1. The molecule has 1 N–H and O–H groups in total. The average Bonchev–Trinajstić information content (AvgIpc) is 3.55. The van der Waals surface area contributed by atoms with E-state index < -0.39 is 0 Å². The number of halogens is 1. The maximum atomic E-state index is 12.5. The van der Waals surface area contributed by atoms with Crippen molar-refractivity contribution in [1.82, 2.24) is 20.4 Å². The van der Waals surface area contributed by atoms with Crippen molar-refractivity contribution in [3.63, 3.8) is 0 Å². The van der Waals surface area contributed by atoms with Gasteiger partial charge in [0.1, 0.15) is 23.0 Å². The van der Waals surface area contributed by atoms with Gasteiger partial charge in [0.15, 0.2) is 0 Å². The van der Waals surface area contributed by atoms with Gasteiger partial charge in [0.05, 0.1) is 39.5 Å². The average molecular weight is 563 g/mol. The van der Waals surface area contributed by atoms with Gasteiger partial charge in [-0.2, -0.15) is 0 Å². The SMILES string of the molecule is COCCNCc1ccc(-c2cc3nccc(Oc4ccc(CC(=O)Cc5cc(C)on5)c(Cl)c4)c3s2)nc1. The van der Waals surface area contributed by atoms with E-state index in [9.17, 15) is 4.79 Å². The quantitative estimate of drug-likeness (QED) is 0.180. The van der Waals surface area contributed by atoms with E-state index in [0.29, 0.717) is 34.6 Å². The molecule has 0 fully saturated rings. The standard InChI is InChI=1S/C29H27ClN4O4S/c1-18-11-21(34-38-18)13-22(35)12-20-4-5-23(14-24(20)30)37-27-7-8-32-26-15-28(39-29(26)27)25-6-3-19(17-33-25)16-31-9-10-36-2/h3-8,11,14-15,17,31H,9-10,12-13,16H2,1-2H3. The number of hydrogen-bond acceptors (Lipinski definition) is 9. The molecule has 0 atom stereocenters. The number of Topliss-reactive ketones (excluding diaryl/α,β-unsaturated/α-hetero) is 1. The third-order valence-electron chi connectivity index (χ3n) is 5.96. The lowest BCUT2D eigenvalue weighted by molar-refractivity contribution is -0.117. The zero-order chi connectivity index (χ0) is 27.2. The number of hydrogen-bond donors (Lipinski definition) is 1. The van der Waals surface area contributed by atoms with E-state index in [2.05, 4.69) is 26.5 Å². The number of nitrogens with zero attached hydrogens (tertiary/aromatic N) is 3. The molecule has 10 heteroatoms. The van der Waals surface area contributed by atoms with Crippen molar-refractivity contribution in [2.75, 3.05) is 20.3 Å². The predicted molar refractivity (Wildman–Crippen MR) is 152 cm³/mol. The summed E-state index contributed by atoms with van der Waals surface area (Å²) >= 11 is 8.09. The Labute approximate surface area is 234 Å². The van der Waals surface area contributed by atoms with Gasteiger partial charge < -0.3 is 19.3 Å². The summed E-state index contributed by atoms with van der Waals surface area (Å²) in [7, 11) is 1.69. The minimum Gasteiger partial charge on any atom is -0.456 e. The number of pyridine rings is 2. The minimum absolute atomic E-state index is 0.00447. The van der Waals surface area contributed by atoms with E-state index in [4.69, 9.17) is 25.6 Å². The van der Waals surface area contributed by atoms with E-state index >= 15 is 0 Å². The highest BCUT2D eigenvalue weighted by atomic mass is 35.5. The number of benzene rings is 1. The first-order valence-electron chi connectivity index (χ1n) is 12.4. The number of ketones is 1. The molecule has 0 aliphatic rings. The van der Waals surface area contributed by atoms with Crippen molar-refractivity contribution in [3.05, 3.63) is 88.5 Å². The van der Waals surface area contributed by atoms with Crippen LogP contribution in [0.15, 0.2) is 65.4 Å². The molecule has 0 saturated heterocycles. The Bertz CT molecular complexity index is 1580. The van der Waals surface area contributed by atoms with Crippen LogP contribution in [0, 0.1) is 6.92 Å². The molecule has 0 amide bonds. The Morgan fingerprint density at radius 3 is 2.74 bits per heavy atom. The second kappa shape index (κ2) is 12.5. The molecule has 8 nitrogen and oxygen atoms in total. The molecule has 0 radical (unpaired) electrons. The van der Waals surface area contributed by atoms with Crippen LogP contribution in [0.4, 0.5) is 0 Å². The van der Waals surface area contributed by atoms with Crippen molar-refractivity contribution < 1.29 is 18.8 Å². The number of ether oxygens (including phenoxy) is 2. The van der Waals surface area contributed by atoms with Gasteiger partial charge in [-0.15, -0.1) is 11.3 Å². The van der Waals surface area contributed by atoms with Gasteiger partial charge in [0.2, 0.25) is 0 Å². The molecule has 5 rings (SSSR count). The molecule has 1 aromatic carbocycles. The van der Waals surface area contributed by atoms with Crippen LogP contribution in [0.2, 0.25) is 5.02 Å². The molecular weight excluding hydrogens is 536 g/mol. The molecule has 39 heavy (non-hydrogen) atoms. The normalized spacial score (nSPS) is 11.3. The maximum absolute atomic E-state index is 12.5. The summed E-state index contributed by atoms with van der Waals surface area (Å²) in [6.07, 6.45) is 4.00. The summed E-state index contributed by atoms with van der Waals surface area (Å²) in [5, 5.41) is 7.67. The van der Waals surface area contributed by atoms with Crippen LogP contribution in [0.25, 0.3) is 20.8 Å². The molecule has 5 aromatic rings. The summed E-state index contributed by atoms with van der Waals surface area (Å²) in [6.45, 7) is 3.99. The second-order valence-corrected chi connectivity index (χ2v) is 10.5. The first-order chi connectivity index (χ1) is 19.0. The first kappa shape index (κ1) is 27.0. The van der Waals surface area contributed by atoms with Crippen LogP contribution in [0.3, 0.4) is 0 Å². The molecule has 0 spiro atoms. The largest absolute Gasteiger partial charge is 0.456 e. The third-order valence-corrected chi connectivity index (χ3v) is 7.47. The lowest BCUT2D eigenvalue weighted by Crippen LogP contribution is -2.18. The number of methoxy groups -OCH3 is 1. The Balaban J connectivity index is 1.27. The summed E-state index contributed by atoms with van der Waals surface area (Å²) < 4.78 is 17.2. The number of aromatic nitrogens is 3. The molecule has 0 aliphatic heterocycles. The number of thiophene rings is 1. The van der Waals surface area contributed by atoms with Crippen molar-refractivity contribution in [2.24, 2.45) is 0 Å². The highest BCUT2D eigenvalue weighted by Crippen LogP contribution is 2.39. The topological polar surface area (TPSA) is 99.4 Å². The van der Waals surface area contributed by atoms with Gasteiger partial charge in [-0.3, -0.25) is 14.8 Å². The van der Waals surface area contributed by atoms with E-state index in [1.165, 1.54) is 0 Å². The van der Waals surface area contributed by atoms with Gasteiger partial charge in [0.25, 0.3) is 0 Å². The molecule has 0 saturated carbocycles. The Hall–Kier alpha value is -3.63. The minimum atomic E-state index is 0.00447. The molecule has 200 valence electrons. The van der Waals surface area contributed by atoms with Crippen molar-refractivity contribution in [3.8, 4) is 22.1 Å². The number of carbonyl (C=O) groups excluding carboxylic acids is 1. The Kier molecular flexibility index (Phi) is 8.63. The summed E-state index contributed by atoms with van der Waals surface area (Å²) in [5.41, 5.74) is 4.16. The summed E-state index contributed by atoms with van der Waals surface area (Å²) in [4.78, 5) is 22.6. The number of fused-ring (bicyclic) bond motifs is 1. The fourth-order valence-electron chi connectivity index (χ4n) is 4.04. The van der Waals surface area contributed by atoms with E-state index in [1.54, 1.807) is 43.7 Å². The lowest BCUT2D eigenvalue weighted by Gasteiger charge is -2.09. The van der Waals surface area contributed by atoms with Crippen molar-refractivity contribution in [1.29, 1.82) is 0 Å². The zero-order valence-corrected chi connectivity index (χ0v) is 23.1. The van der Waals surface area contributed by atoms with E-state index in [1.807, 2.05) is 36.5 Å². The van der Waals surface area contributed by atoms with Crippen LogP contribution in [0.5, 0.6) is 11.5 Å². The summed E-state index contributed by atoms with van der Waals surface area (Å²) in [6, 6.07) is 15.1. The second-order valence-electron chi connectivity index (χ2n) is 9.03. The van der Waals surface area contributed by atoms with Gasteiger partial charge >= 0.3 is 0 Å². The molecule has 0 bridgehead atoms. The monoisotopic (exact) mass is 562 g/mol. The van der Waals surface area contributed by atoms with Gasteiger partial charge in [0, 0.05) is 56.2 Å². The first-order valence-corrected chi connectivity index (χ1v) is 13.6. The zero-order valence-electron chi connectivity index (χ0n) is 21.6. The molecule has 4 heterocycles. The molecule has 4 aromatic heterocycles. The van der Waals surface area contributed by atoms with Gasteiger partial charge in [-0.25, -0.2) is 0 Å². The maximum Gasteiger partial charge on any atom is 0.148 e. The van der Waals surface area contributed by atoms with Crippen LogP contribution in [-0.4, -0.2) is 41.2 Å². The fraction of sp³-hybridized carbons (Fsp3) is 0.241. The van der Waals surface area contributed by atoms with Gasteiger partial charge in [-0.05, 0) is 42.3 Å². The van der Waals surface area contributed by atoms with Gasteiger partial charge in [-0.1, -0.05) is 28.9 Å². The number of rotatable bonds is 12. The molecule has 0 unspecified atom stereocenters. The van der Waals surface area contributed by atoms with Crippen LogP contribution < -0.4 is 10.1 Å². The Morgan fingerprint density at radius 2 is 2.00 bits per heavy atom. The summed E-state index contributed by atoms with van der Waals surface area (Å²) in [5.74, 6) is 1.94. The number of nitrogens with one attached hydrogen (secondary N) is 1. The fourth-order valence-corrected chi connectivity index (χ4v) is 5.32. The lowest BCUT2D eigenvalue weighted by atomic mass is 10.1. The third kappa shape index (κ3) is 6.88. The van der Waals surface area contributed by atoms with E-state index in [-0.39, 0.29) is 18.6 Å². The predicted octanol–water partition coefficient (Wildman–Crippen LogP) is 6.19.